The predicted octanol–water partition coefficient (Wildman–Crippen LogP) is 1.15. The van der Waals surface area contributed by atoms with Crippen LogP contribution < -0.4 is 5.90 Å². The molecular formula is C9H13NO3. The molecule has 0 radical (unpaired) electrons. The minimum atomic E-state index is 0.378. The SMILES string of the molecule is COOCc1ccccc1CON. The number of hydrogen-bond donors (Lipinski definition) is 1. The van der Waals surface area contributed by atoms with Gasteiger partial charge in [0.15, 0.2) is 0 Å². The first-order valence-corrected chi connectivity index (χ1v) is 3.92. The summed E-state index contributed by atoms with van der Waals surface area (Å²) in [5.74, 6) is 4.99. The van der Waals surface area contributed by atoms with Crippen LogP contribution in [0.4, 0.5) is 0 Å². The zero-order valence-electron chi connectivity index (χ0n) is 7.53. The average molecular weight is 183 g/mol. The van der Waals surface area contributed by atoms with Crippen molar-refractivity contribution in [2.24, 2.45) is 5.90 Å². The zero-order valence-corrected chi connectivity index (χ0v) is 7.53. The van der Waals surface area contributed by atoms with Gasteiger partial charge in [-0.3, -0.25) is 4.84 Å². The highest BCUT2D eigenvalue weighted by Gasteiger charge is 2.01. The molecule has 0 atom stereocenters. The van der Waals surface area contributed by atoms with Crippen molar-refractivity contribution in [1.29, 1.82) is 0 Å². The minimum absolute atomic E-state index is 0.378. The topological polar surface area (TPSA) is 53.7 Å². The molecule has 1 rings (SSSR count). The molecule has 0 spiro atoms. The lowest BCUT2D eigenvalue weighted by Crippen LogP contribution is -2.03. The highest BCUT2D eigenvalue weighted by molar-refractivity contribution is 5.25. The molecule has 1 aromatic carbocycles. The van der Waals surface area contributed by atoms with Crippen molar-refractivity contribution in [3.05, 3.63) is 35.4 Å². The van der Waals surface area contributed by atoms with E-state index in [2.05, 4.69) is 9.73 Å². The first kappa shape index (κ1) is 10.1. The predicted molar refractivity (Wildman–Crippen MR) is 47.2 cm³/mol. The maximum Gasteiger partial charge on any atom is 0.108 e. The molecule has 4 heteroatoms. The van der Waals surface area contributed by atoms with Gasteiger partial charge in [-0.15, -0.1) is 0 Å². The zero-order chi connectivity index (χ0) is 9.52. The largest absolute Gasteiger partial charge is 0.300 e. The van der Waals surface area contributed by atoms with Gasteiger partial charge in [0.1, 0.15) is 6.61 Å². The Labute approximate surface area is 77.1 Å². The summed E-state index contributed by atoms with van der Waals surface area (Å²) >= 11 is 0. The summed E-state index contributed by atoms with van der Waals surface area (Å²) in [6.45, 7) is 0.777. The molecule has 0 aliphatic rings. The third kappa shape index (κ3) is 3.12. The average Bonchev–Trinajstić information content (AvgIpc) is 2.17. The Morgan fingerprint density at radius 3 is 2.31 bits per heavy atom. The summed E-state index contributed by atoms with van der Waals surface area (Å²) in [6, 6.07) is 7.72. The third-order valence-electron chi connectivity index (χ3n) is 1.69. The van der Waals surface area contributed by atoms with E-state index >= 15 is 0 Å². The molecule has 0 amide bonds. The summed E-state index contributed by atoms with van der Waals surface area (Å²) in [7, 11) is 1.47. The van der Waals surface area contributed by atoms with Crippen molar-refractivity contribution >= 4 is 0 Å². The highest BCUT2D eigenvalue weighted by Crippen LogP contribution is 2.10. The lowest BCUT2D eigenvalue weighted by Gasteiger charge is -2.06. The Bertz CT molecular complexity index is 252. The second-order valence-corrected chi connectivity index (χ2v) is 2.51. The first-order chi connectivity index (χ1) is 6.38. The maximum atomic E-state index is 4.99. The lowest BCUT2D eigenvalue weighted by molar-refractivity contribution is -0.282. The van der Waals surface area contributed by atoms with Crippen LogP contribution in [0.1, 0.15) is 11.1 Å². The fraction of sp³-hybridized carbons (Fsp3) is 0.333. The third-order valence-corrected chi connectivity index (χ3v) is 1.69. The van der Waals surface area contributed by atoms with E-state index < -0.39 is 0 Å². The Balaban J connectivity index is 2.66. The molecule has 72 valence electrons. The van der Waals surface area contributed by atoms with Crippen LogP contribution in [0.25, 0.3) is 0 Å². The molecule has 0 heterocycles. The van der Waals surface area contributed by atoms with Gasteiger partial charge in [0.05, 0.1) is 13.7 Å². The Hall–Kier alpha value is -0.940. The van der Waals surface area contributed by atoms with Crippen LogP contribution in [-0.2, 0) is 27.8 Å². The standard InChI is InChI=1S/C9H13NO3/c1-11-13-7-9-5-3-2-4-8(9)6-12-10/h2-5H,6-7,10H2,1H3. The monoisotopic (exact) mass is 183 g/mol. The Kier molecular flexibility index (Phi) is 4.42. The first-order valence-electron chi connectivity index (χ1n) is 3.92. The number of hydrogen-bond acceptors (Lipinski definition) is 4. The normalized spacial score (nSPS) is 10.3. The molecule has 0 saturated carbocycles. The molecule has 13 heavy (non-hydrogen) atoms. The molecule has 0 bridgehead atoms. The summed E-state index contributed by atoms with van der Waals surface area (Å²) in [5, 5.41) is 0. The van der Waals surface area contributed by atoms with E-state index in [-0.39, 0.29) is 0 Å². The highest BCUT2D eigenvalue weighted by atomic mass is 17.2. The van der Waals surface area contributed by atoms with E-state index in [0.717, 1.165) is 11.1 Å². The number of benzene rings is 1. The van der Waals surface area contributed by atoms with E-state index in [1.54, 1.807) is 0 Å². The summed E-state index contributed by atoms with van der Waals surface area (Å²) < 4.78 is 0. The quantitative estimate of drug-likeness (QED) is 0.549. The van der Waals surface area contributed by atoms with Crippen LogP contribution >= 0.6 is 0 Å². The second-order valence-electron chi connectivity index (χ2n) is 2.51. The van der Waals surface area contributed by atoms with Gasteiger partial charge in [0, 0.05) is 0 Å². The molecule has 0 aliphatic heterocycles. The minimum Gasteiger partial charge on any atom is -0.300 e. The van der Waals surface area contributed by atoms with Crippen LogP contribution in [0.3, 0.4) is 0 Å². The summed E-state index contributed by atoms with van der Waals surface area (Å²) in [6.07, 6.45) is 0. The van der Waals surface area contributed by atoms with Crippen LogP contribution in [0.15, 0.2) is 24.3 Å². The fourth-order valence-corrected chi connectivity index (χ4v) is 1.05. The lowest BCUT2D eigenvalue weighted by atomic mass is 10.1. The van der Waals surface area contributed by atoms with Gasteiger partial charge in [-0.2, -0.15) is 0 Å². The van der Waals surface area contributed by atoms with E-state index in [9.17, 15) is 0 Å². The van der Waals surface area contributed by atoms with Crippen molar-refractivity contribution < 1.29 is 14.6 Å². The smallest absolute Gasteiger partial charge is 0.108 e. The van der Waals surface area contributed by atoms with Gasteiger partial charge in [-0.1, -0.05) is 24.3 Å². The van der Waals surface area contributed by atoms with Crippen molar-refractivity contribution in [1.82, 2.24) is 0 Å². The molecule has 0 aliphatic carbocycles. The Morgan fingerprint density at radius 2 is 1.77 bits per heavy atom. The van der Waals surface area contributed by atoms with Crippen molar-refractivity contribution in [2.75, 3.05) is 7.11 Å². The van der Waals surface area contributed by atoms with E-state index in [0.29, 0.717) is 13.2 Å². The second kappa shape index (κ2) is 5.66. The maximum absolute atomic E-state index is 4.99. The van der Waals surface area contributed by atoms with Gasteiger partial charge < -0.3 is 0 Å². The molecule has 0 aromatic heterocycles. The molecule has 0 fully saturated rings. The molecule has 4 nitrogen and oxygen atoms in total. The van der Waals surface area contributed by atoms with E-state index in [1.807, 2.05) is 24.3 Å². The Morgan fingerprint density at radius 1 is 1.15 bits per heavy atom. The van der Waals surface area contributed by atoms with Gasteiger partial charge in [0.25, 0.3) is 0 Å². The summed E-state index contributed by atoms with van der Waals surface area (Å²) in [4.78, 5) is 13.9. The van der Waals surface area contributed by atoms with E-state index in [4.69, 9.17) is 10.8 Å². The van der Waals surface area contributed by atoms with Crippen LogP contribution in [-0.4, -0.2) is 7.11 Å². The van der Waals surface area contributed by atoms with Crippen LogP contribution in [0.5, 0.6) is 0 Å². The van der Waals surface area contributed by atoms with Gasteiger partial charge in [-0.25, -0.2) is 15.7 Å². The molecule has 2 N–H and O–H groups in total. The molecule has 1 aromatic rings. The van der Waals surface area contributed by atoms with Gasteiger partial charge in [-0.05, 0) is 11.1 Å². The van der Waals surface area contributed by atoms with Crippen molar-refractivity contribution in [2.45, 2.75) is 13.2 Å². The van der Waals surface area contributed by atoms with Crippen LogP contribution in [0.2, 0.25) is 0 Å². The number of nitrogens with two attached hydrogens (primary N) is 1. The molecule has 0 saturated heterocycles. The number of rotatable bonds is 5. The van der Waals surface area contributed by atoms with E-state index in [1.165, 1.54) is 7.11 Å². The molecular weight excluding hydrogens is 170 g/mol. The fourth-order valence-electron chi connectivity index (χ4n) is 1.05. The molecule has 0 unspecified atom stereocenters. The summed E-state index contributed by atoms with van der Waals surface area (Å²) in [5.41, 5.74) is 2.01. The van der Waals surface area contributed by atoms with Gasteiger partial charge >= 0.3 is 0 Å². The van der Waals surface area contributed by atoms with Crippen LogP contribution in [0, 0.1) is 0 Å². The van der Waals surface area contributed by atoms with Gasteiger partial charge in [0.2, 0.25) is 0 Å². The van der Waals surface area contributed by atoms with Crippen molar-refractivity contribution in [3.63, 3.8) is 0 Å². The van der Waals surface area contributed by atoms with Crippen molar-refractivity contribution in [3.8, 4) is 0 Å².